The first-order valence-corrected chi connectivity index (χ1v) is 9.05. The lowest BCUT2D eigenvalue weighted by molar-refractivity contribution is -0.141. The van der Waals surface area contributed by atoms with E-state index < -0.39 is 33.8 Å². The van der Waals surface area contributed by atoms with Crippen molar-refractivity contribution in [1.29, 1.82) is 0 Å². The van der Waals surface area contributed by atoms with Gasteiger partial charge in [0.2, 0.25) is 15.9 Å². The predicted octanol–water partition coefficient (Wildman–Crippen LogP) is 3.34. The Morgan fingerprint density at radius 1 is 1.19 bits per heavy atom. The van der Waals surface area contributed by atoms with Gasteiger partial charge in [-0.2, -0.15) is 17.5 Å². The number of pyridine rings is 1. The molecule has 1 aliphatic heterocycles. The van der Waals surface area contributed by atoms with Crippen molar-refractivity contribution < 1.29 is 30.7 Å². The van der Waals surface area contributed by atoms with Crippen molar-refractivity contribution in [3.63, 3.8) is 0 Å². The number of alkyl halides is 3. The Morgan fingerprint density at radius 3 is 2.50 bits per heavy atom. The van der Waals surface area contributed by atoms with Crippen LogP contribution in [0.4, 0.5) is 17.6 Å². The van der Waals surface area contributed by atoms with Crippen molar-refractivity contribution in [2.75, 3.05) is 13.1 Å². The van der Waals surface area contributed by atoms with Crippen molar-refractivity contribution in [2.24, 2.45) is 0 Å². The standard InChI is InChI=1S/C15H11ClF4N2O3S/c16-11-6-10(4-5-12(11)17)26(23,24)22-7-9(8-22)25-14-3-1-2-13(21-14)15(18,19)20/h1-6,9H,7-8H2. The zero-order valence-corrected chi connectivity index (χ0v) is 14.4. The third-order valence-electron chi connectivity index (χ3n) is 3.64. The number of hydrogen-bond donors (Lipinski definition) is 0. The van der Waals surface area contributed by atoms with Gasteiger partial charge in [0.25, 0.3) is 0 Å². The summed E-state index contributed by atoms with van der Waals surface area (Å²) in [6.45, 7) is -0.148. The van der Waals surface area contributed by atoms with E-state index in [1.807, 2.05) is 0 Å². The Kier molecular flexibility index (Phi) is 4.84. The fourth-order valence-electron chi connectivity index (χ4n) is 2.27. The van der Waals surface area contributed by atoms with Gasteiger partial charge in [-0.15, -0.1) is 0 Å². The summed E-state index contributed by atoms with van der Waals surface area (Å²) in [5.74, 6) is -0.988. The lowest BCUT2D eigenvalue weighted by Gasteiger charge is -2.37. The molecule has 11 heteroatoms. The van der Waals surface area contributed by atoms with E-state index in [0.717, 1.165) is 34.6 Å². The predicted molar refractivity (Wildman–Crippen MR) is 83.8 cm³/mol. The first-order chi connectivity index (χ1) is 12.1. The number of benzene rings is 1. The summed E-state index contributed by atoms with van der Waals surface area (Å²) in [5.41, 5.74) is -1.10. The molecule has 0 aliphatic carbocycles. The molecule has 0 unspecified atom stereocenters. The second kappa shape index (κ2) is 6.67. The summed E-state index contributed by atoms with van der Waals surface area (Å²) in [5, 5.41) is -0.326. The van der Waals surface area contributed by atoms with Crippen LogP contribution in [0.5, 0.6) is 5.88 Å². The van der Waals surface area contributed by atoms with E-state index >= 15 is 0 Å². The van der Waals surface area contributed by atoms with Crippen LogP contribution in [-0.2, 0) is 16.2 Å². The second-order valence-corrected chi connectivity index (χ2v) is 7.84. The molecule has 26 heavy (non-hydrogen) atoms. The number of nitrogens with zero attached hydrogens (tertiary/aromatic N) is 2. The molecule has 1 fully saturated rings. The SMILES string of the molecule is O=S(=O)(c1ccc(F)c(Cl)c1)N1CC(Oc2cccc(C(F)(F)F)n2)C1. The summed E-state index contributed by atoms with van der Waals surface area (Å²) in [7, 11) is -3.90. The smallest absolute Gasteiger partial charge is 0.433 e. The van der Waals surface area contributed by atoms with Gasteiger partial charge in [0.05, 0.1) is 23.0 Å². The Balaban J connectivity index is 1.66. The first kappa shape index (κ1) is 18.9. The van der Waals surface area contributed by atoms with Crippen LogP contribution in [0.15, 0.2) is 41.3 Å². The minimum absolute atomic E-state index is 0.0742. The number of sulfonamides is 1. The molecule has 2 aromatic rings. The van der Waals surface area contributed by atoms with Crippen molar-refractivity contribution >= 4 is 21.6 Å². The number of rotatable bonds is 4. The molecule has 1 saturated heterocycles. The molecule has 0 atom stereocenters. The third-order valence-corrected chi connectivity index (χ3v) is 5.76. The first-order valence-electron chi connectivity index (χ1n) is 7.23. The summed E-state index contributed by atoms with van der Waals surface area (Å²) >= 11 is 5.59. The minimum atomic E-state index is -4.60. The molecular weight excluding hydrogens is 400 g/mol. The summed E-state index contributed by atoms with van der Waals surface area (Å²) < 4.78 is 82.1. The van der Waals surface area contributed by atoms with E-state index in [4.69, 9.17) is 16.3 Å². The van der Waals surface area contributed by atoms with Crippen LogP contribution in [-0.4, -0.2) is 36.9 Å². The van der Waals surface area contributed by atoms with Crippen LogP contribution in [0.2, 0.25) is 5.02 Å². The van der Waals surface area contributed by atoms with Gasteiger partial charge in [0, 0.05) is 6.07 Å². The average molecular weight is 411 g/mol. The average Bonchev–Trinajstić information content (AvgIpc) is 2.52. The molecule has 1 aromatic carbocycles. The molecule has 0 spiro atoms. The highest BCUT2D eigenvalue weighted by Gasteiger charge is 2.39. The van der Waals surface area contributed by atoms with E-state index in [2.05, 4.69) is 4.98 Å². The maximum Gasteiger partial charge on any atom is 0.433 e. The third kappa shape index (κ3) is 3.76. The van der Waals surface area contributed by atoms with Gasteiger partial charge in [-0.3, -0.25) is 0 Å². The quantitative estimate of drug-likeness (QED) is 0.725. The van der Waals surface area contributed by atoms with Crippen LogP contribution in [0, 0.1) is 5.82 Å². The van der Waals surface area contributed by atoms with Gasteiger partial charge in [0.1, 0.15) is 17.6 Å². The van der Waals surface area contributed by atoms with E-state index in [0.29, 0.717) is 0 Å². The zero-order valence-electron chi connectivity index (χ0n) is 12.9. The number of hydrogen-bond acceptors (Lipinski definition) is 4. The van der Waals surface area contributed by atoms with Gasteiger partial charge < -0.3 is 4.74 Å². The molecule has 2 heterocycles. The Bertz CT molecular complexity index is 931. The molecule has 3 rings (SSSR count). The highest BCUT2D eigenvalue weighted by molar-refractivity contribution is 7.89. The van der Waals surface area contributed by atoms with E-state index in [9.17, 15) is 26.0 Å². The summed E-state index contributed by atoms with van der Waals surface area (Å²) in [4.78, 5) is 3.18. The van der Waals surface area contributed by atoms with E-state index in [1.54, 1.807) is 0 Å². The van der Waals surface area contributed by atoms with Crippen molar-refractivity contribution in [1.82, 2.24) is 9.29 Å². The van der Waals surface area contributed by atoms with Gasteiger partial charge in [0.15, 0.2) is 0 Å². The van der Waals surface area contributed by atoms with E-state index in [-0.39, 0.29) is 28.9 Å². The molecular formula is C15H11ClF4N2O3S. The molecule has 0 amide bonds. The number of ether oxygens (including phenoxy) is 1. The molecule has 5 nitrogen and oxygen atoms in total. The number of aromatic nitrogens is 1. The molecule has 1 aliphatic rings. The van der Waals surface area contributed by atoms with Crippen LogP contribution in [0.3, 0.4) is 0 Å². The molecule has 0 saturated carbocycles. The molecule has 1 aromatic heterocycles. The maximum atomic E-state index is 13.2. The minimum Gasteiger partial charge on any atom is -0.472 e. The normalized spacial score (nSPS) is 16.3. The highest BCUT2D eigenvalue weighted by atomic mass is 35.5. The highest BCUT2D eigenvalue weighted by Crippen LogP contribution is 2.30. The summed E-state index contributed by atoms with van der Waals surface area (Å²) in [6, 6.07) is 6.23. The fourth-order valence-corrected chi connectivity index (χ4v) is 4.04. The zero-order chi connectivity index (χ0) is 19.1. The summed E-state index contributed by atoms with van der Waals surface area (Å²) in [6.07, 6.45) is -5.24. The lowest BCUT2D eigenvalue weighted by Crippen LogP contribution is -2.56. The fraction of sp³-hybridized carbons (Fsp3) is 0.267. The lowest BCUT2D eigenvalue weighted by atomic mass is 10.2. The maximum absolute atomic E-state index is 13.2. The Morgan fingerprint density at radius 2 is 1.88 bits per heavy atom. The van der Waals surface area contributed by atoms with Crippen LogP contribution >= 0.6 is 11.6 Å². The van der Waals surface area contributed by atoms with Gasteiger partial charge in [-0.05, 0) is 24.3 Å². The van der Waals surface area contributed by atoms with Crippen LogP contribution in [0.25, 0.3) is 0 Å². The largest absolute Gasteiger partial charge is 0.472 e. The van der Waals surface area contributed by atoms with Gasteiger partial charge in [-0.25, -0.2) is 17.8 Å². The van der Waals surface area contributed by atoms with Crippen LogP contribution < -0.4 is 4.74 Å². The molecule has 0 radical (unpaired) electrons. The Hall–Kier alpha value is -1.91. The topological polar surface area (TPSA) is 59.5 Å². The van der Waals surface area contributed by atoms with Crippen molar-refractivity contribution in [2.45, 2.75) is 17.2 Å². The number of halogens is 5. The Labute approximate surface area is 151 Å². The van der Waals surface area contributed by atoms with Crippen molar-refractivity contribution in [3.05, 3.63) is 52.9 Å². The van der Waals surface area contributed by atoms with E-state index in [1.165, 1.54) is 6.07 Å². The van der Waals surface area contributed by atoms with Gasteiger partial charge >= 0.3 is 6.18 Å². The van der Waals surface area contributed by atoms with Gasteiger partial charge in [-0.1, -0.05) is 17.7 Å². The van der Waals surface area contributed by atoms with Crippen molar-refractivity contribution in [3.8, 4) is 5.88 Å². The van der Waals surface area contributed by atoms with Crippen LogP contribution in [0.1, 0.15) is 5.69 Å². The monoisotopic (exact) mass is 410 g/mol. The molecule has 0 bridgehead atoms. The molecule has 140 valence electrons. The second-order valence-electron chi connectivity index (χ2n) is 5.50. The molecule has 0 N–H and O–H groups in total.